The molecule has 0 bridgehead atoms. The van der Waals surface area contributed by atoms with Crippen molar-refractivity contribution >= 4 is 41.1 Å². The van der Waals surface area contributed by atoms with Crippen molar-refractivity contribution < 1.29 is 0 Å². The lowest BCUT2D eigenvalue weighted by Gasteiger charge is -2.36. The van der Waals surface area contributed by atoms with Crippen molar-refractivity contribution in [3.05, 3.63) is 107 Å². The molecular weight excluding hydrogens is 615 g/mol. The second-order valence-electron chi connectivity index (χ2n) is 12.6. The highest BCUT2D eigenvalue weighted by atomic mass is 127. The quantitative estimate of drug-likeness (QED) is 0.328. The van der Waals surface area contributed by atoms with Crippen molar-refractivity contribution in [2.24, 2.45) is 4.99 Å². The predicted molar refractivity (Wildman–Crippen MR) is 185 cm³/mol. The lowest BCUT2D eigenvalue weighted by Crippen LogP contribution is -2.43. The number of fused-ring (bicyclic) bond motifs is 2. The summed E-state index contributed by atoms with van der Waals surface area (Å²) in [6.07, 6.45) is 13.0. The summed E-state index contributed by atoms with van der Waals surface area (Å²) in [6.45, 7) is 16.8. The van der Waals surface area contributed by atoms with E-state index in [4.69, 9.17) is 4.99 Å². The Bertz CT molecular complexity index is 1450. The van der Waals surface area contributed by atoms with Gasteiger partial charge in [0.05, 0.1) is 11.4 Å². The molecule has 0 aromatic heterocycles. The van der Waals surface area contributed by atoms with Crippen LogP contribution in [-0.4, -0.2) is 43.3 Å². The molecule has 6 rings (SSSR count). The van der Waals surface area contributed by atoms with Crippen LogP contribution >= 0.6 is 24.0 Å². The minimum atomic E-state index is -0.0761. The fraction of sp³-hybridized carbons (Fsp3) is 0.417. The number of benzene rings is 2. The van der Waals surface area contributed by atoms with E-state index in [2.05, 4.69) is 123 Å². The Hall–Kier alpha value is -2.64. The molecule has 4 nitrogen and oxygen atoms in total. The molecule has 3 heterocycles. The summed E-state index contributed by atoms with van der Waals surface area (Å²) >= 11 is 0. The Kier molecular flexibility index (Phi) is 8.68. The number of anilines is 1. The van der Waals surface area contributed by atoms with Crippen LogP contribution in [0.1, 0.15) is 65.0 Å². The van der Waals surface area contributed by atoms with E-state index < -0.39 is 0 Å². The molecule has 0 atom stereocenters. The highest BCUT2D eigenvalue weighted by Crippen LogP contribution is 2.47. The monoisotopic (exact) mass is 660 g/mol. The van der Waals surface area contributed by atoms with Crippen LogP contribution in [0.15, 0.2) is 100 Å². The summed E-state index contributed by atoms with van der Waals surface area (Å²) in [5.41, 5.74) is 12.0. The van der Waals surface area contributed by atoms with Gasteiger partial charge in [0, 0.05) is 60.6 Å². The maximum Gasteiger partial charge on any atom is 0.0674 e. The molecule has 1 fully saturated rings. The highest BCUT2D eigenvalue weighted by molar-refractivity contribution is 14.0. The number of nitrogens with zero attached hydrogens (tertiary/aromatic N) is 3. The Morgan fingerprint density at radius 2 is 1.56 bits per heavy atom. The first-order valence-electron chi connectivity index (χ1n) is 15.2. The van der Waals surface area contributed by atoms with Crippen LogP contribution in [0, 0.1) is 0 Å². The maximum atomic E-state index is 5.04. The summed E-state index contributed by atoms with van der Waals surface area (Å²) in [5.74, 6) is 0. The molecule has 2 aromatic rings. The van der Waals surface area contributed by atoms with Gasteiger partial charge in [0.15, 0.2) is 0 Å². The van der Waals surface area contributed by atoms with Crippen molar-refractivity contribution in [2.75, 3.05) is 37.6 Å². The van der Waals surface area contributed by atoms with E-state index in [0.717, 1.165) is 57.0 Å². The molecule has 0 saturated carbocycles. The third kappa shape index (κ3) is 5.36. The third-order valence-electron chi connectivity index (χ3n) is 9.39. The summed E-state index contributed by atoms with van der Waals surface area (Å²) in [5, 5.41) is 3.55. The molecule has 41 heavy (non-hydrogen) atoms. The molecule has 0 amide bonds. The van der Waals surface area contributed by atoms with Crippen LogP contribution in [0.2, 0.25) is 0 Å². The Morgan fingerprint density at radius 1 is 0.854 bits per heavy atom. The van der Waals surface area contributed by atoms with E-state index in [-0.39, 0.29) is 34.8 Å². The van der Waals surface area contributed by atoms with Gasteiger partial charge in [-0.15, -0.1) is 24.0 Å². The average molecular weight is 661 g/mol. The normalized spacial score (nSPS) is 23.2. The van der Waals surface area contributed by atoms with Crippen LogP contribution in [-0.2, 0) is 10.8 Å². The number of likely N-dealkylation sites (N-methyl/N-ethyl adjacent to an activating group) is 1. The van der Waals surface area contributed by atoms with Crippen molar-refractivity contribution in [3.63, 3.8) is 0 Å². The van der Waals surface area contributed by atoms with Crippen LogP contribution in [0.25, 0.3) is 0 Å². The second-order valence-corrected chi connectivity index (χ2v) is 12.6. The predicted octanol–water partition coefficient (Wildman–Crippen LogP) is 8.20. The number of hydrogen-bond acceptors (Lipinski definition) is 4. The van der Waals surface area contributed by atoms with Crippen LogP contribution in [0.4, 0.5) is 11.4 Å². The van der Waals surface area contributed by atoms with Gasteiger partial charge in [-0.3, -0.25) is 4.99 Å². The van der Waals surface area contributed by atoms with E-state index in [9.17, 15) is 0 Å². The minimum Gasteiger partial charge on any atom is -0.369 e. The van der Waals surface area contributed by atoms with Crippen molar-refractivity contribution in [1.82, 2.24) is 10.2 Å². The Balaban J connectivity index is 0.00000337. The van der Waals surface area contributed by atoms with Crippen molar-refractivity contribution in [1.29, 1.82) is 0 Å². The van der Waals surface area contributed by atoms with Gasteiger partial charge < -0.3 is 15.1 Å². The lowest BCUT2D eigenvalue weighted by atomic mass is 9.81. The molecular formula is C36H45IN4. The van der Waals surface area contributed by atoms with Gasteiger partial charge in [-0.2, -0.15) is 0 Å². The SMILES string of the molecule is CCN1C(=CC=C2CCCC(C=CC3=Nc4ccccc4C3(C)C)=C2N2CCNCC2)C(C)(C)c2ccccc21.I. The molecule has 2 aromatic carbocycles. The third-order valence-corrected chi connectivity index (χ3v) is 9.39. The average Bonchev–Trinajstić information content (AvgIpc) is 3.36. The van der Waals surface area contributed by atoms with Gasteiger partial charge in [-0.1, -0.05) is 76.2 Å². The summed E-state index contributed by atoms with van der Waals surface area (Å²) in [4.78, 5) is 10.2. The fourth-order valence-electron chi connectivity index (χ4n) is 7.12. The zero-order chi connectivity index (χ0) is 27.9. The maximum absolute atomic E-state index is 5.04. The molecule has 1 saturated heterocycles. The molecule has 0 spiro atoms. The number of hydrogen-bond donors (Lipinski definition) is 1. The topological polar surface area (TPSA) is 30.9 Å². The summed E-state index contributed by atoms with van der Waals surface area (Å²) < 4.78 is 0. The van der Waals surface area contributed by atoms with Gasteiger partial charge in [0.1, 0.15) is 0 Å². The summed E-state index contributed by atoms with van der Waals surface area (Å²) in [7, 11) is 0. The number of para-hydroxylation sites is 2. The first kappa shape index (κ1) is 29.8. The first-order chi connectivity index (χ1) is 19.3. The molecule has 1 aliphatic carbocycles. The van der Waals surface area contributed by atoms with E-state index >= 15 is 0 Å². The molecule has 216 valence electrons. The smallest absolute Gasteiger partial charge is 0.0674 e. The number of allylic oxidation sites excluding steroid dienone is 7. The number of piperazine rings is 1. The van der Waals surface area contributed by atoms with Gasteiger partial charge >= 0.3 is 0 Å². The highest BCUT2D eigenvalue weighted by Gasteiger charge is 2.39. The number of aliphatic imine (C=N–C) groups is 1. The summed E-state index contributed by atoms with van der Waals surface area (Å²) in [6, 6.07) is 17.5. The standard InChI is InChI=1S/C36H44N4.HI/c1-6-40-31-17-10-8-15-29(31)36(4,5)33(40)21-19-27-13-11-12-26(34(27)39-24-22-37-23-25-39)18-20-32-35(2,3)28-14-7-9-16-30(28)38-32;/h7-10,14-21,37H,6,11-13,22-25H2,1-5H3;1H. The van der Waals surface area contributed by atoms with Crippen molar-refractivity contribution in [2.45, 2.75) is 64.7 Å². The lowest BCUT2D eigenvalue weighted by molar-refractivity contribution is 0.297. The first-order valence-corrected chi connectivity index (χ1v) is 15.2. The van der Waals surface area contributed by atoms with Gasteiger partial charge in [0.25, 0.3) is 0 Å². The van der Waals surface area contributed by atoms with E-state index in [0.29, 0.717) is 0 Å². The minimum absolute atomic E-state index is 0. The second kappa shape index (κ2) is 11.9. The van der Waals surface area contributed by atoms with Crippen molar-refractivity contribution in [3.8, 4) is 0 Å². The zero-order valence-electron chi connectivity index (χ0n) is 25.3. The molecule has 4 aliphatic rings. The van der Waals surface area contributed by atoms with E-state index in [1.165, 1.54) is 45.8 Å². The van der Waals surface area contributed by atoms with Crippen LogP contribution in [0.3, 0.4) is 0 Å². The number of rotatable bonds is 5. The van der Waals surface area contributed by atoms with E-state index in [1.54, 1.807) is 0 Å². The number of halogens is 1. The Labute approximate surface area is 264 Å². The molecule has 0 unspecified atom stereocenters. The fourth-order valence-corrected chi connectivity index (χ4v) is 7.12. The molecule has 3 aliphatic heterocycles. The van der Waals surface area contributed by atoms with Gasteiger partial charge in [-0.05, 0) is 72.7 Å². The molecule has 0 radical (unpaired) electrons. The molecule has 5 heteroatoms. The van der Waals surface area contributed by atoms with Crippen LogP contribution in [0.5, 0.6) is 0 Å². The largest absolute Gasteiger partial charge is 0.369 e. The molecule has 1 N–H and O–H groups in total. The van der Waals surface area contributed by atoms with Gasteiger partial charge in [0.2, 0.25) is 0 Å². The van der Waals surface area contributed by atoms with Gasteiger partial charge in [-0.25, -0.2) is 0 Å². The number of nitrogens with one attached hydrogen (secondary N) is 1. The van der Waals surface area contributed by atoms with E-state index in [1.807, 2.05) is 0 Å². The zero-order valence-corrected chi connectivity index (χ0v) is 27.7. The van der Waals surface area contributed by atoms with Crippen LogP contribution < -0.4 is 10.2 Å². The Morgan fingerprint density at radius 3 is 2.29 bits per heavy atom.